The summed E-state index contributed by atoms with van der Waals surface area (Å²) < 4.78 is 11.9. The molecular weight excluding hydrogens is 364 g/mol. The number of hydrogen-bond donors (Lipinski definition) is 1. The van der Waals surface area contributed by atoms with Crippen molar-refractivity contribution in [3.05, 3.63) is 59.0 Å². The molecule has 4 rings (SSSR count). The van der Waals surface area contributed by atoms with E-state index in [2.05, 4.69) is 35.9 Å². The maximum Gasteiger partial charge on any atom is 0.198 e. The van der Waals surface area contributed by atoms with E-state index in [9.17, 15) is 5.11 Å². The van der Waals surface area contributed by atoms with Gasteiger partial charge in [0.1, 0.15) is 24.0 Å². The van der Waals surface area contributed by atoms with Crippen molar-refractivity contribution >= 4 is 11.1 Å². The zero-order chi connectivity index (χ0) is 20.4. The lowest BCUT2D eigenvalue weighted by molar-refractivity contribution is 0.0579. The highest BCUT2D eigenvalue weighted by Gasteiger charge is 2.26. The number of hydrogen-bond acceptors (Lipinski definition) is 5. The molecule has 3 aromatic rings. The number of likely N-dealkylation sites (tertiary alicyclic amines) is 1. The molecule has 1 aromatic heterocycles. The number of piperidine rings is 1. The monoisotopic (exact) mass is 394 g/mol. The van der Waals surface area contributed by atoms with Crippen LogP contribution in [0.5, 0.6) is 5.75 Å². The Balaban J connectivity index is 1.28. The van der Waals surface area contributed by atoms with Crippen LogP contribution < -0.4 is 4.74 Å². The molecule has 1 unspecified atom stereocenters. The van der Waals surface area contributed by atoms with Gasteiger partial charge in [0.25, 0.3) is 0 Å². The molecule has 2 aromatic carbocycles. The summed E-state index contributed by atoms with van der Waals surface area (Å²) in [5, 5.41) is 10.5. The van der Waals surface area contributed by atoms with Crippen molar-refractivity contribution in [2.75, 3.05) is 26.2 Å². The number of ether oxygens (including phenoxy) is 1. The van der Waals surface area contributed by atoms with Crippen molar-refractivity contribution in [1.82, 2.24) is 9.88 Å². The van der Waals surface area contributed by atoms with Gasteiger partial charge in [0.05, 0.1) is 0 Å². The normalized spacial score (nSPS) is 17.0. The number of aryl methyl sites for hydroxylation is 2. The Morgan fingerprint density at radius 2 is 1.83 bits per heavy atom. The lowest BCUT2D eigenvalue weighted by atomic mass is 9.96. The van der Waals surface area contributed by atoms with E-state index in [1.807, 2.05) is 31.2 Å². The minimum atomic E-state index is -0.504. The smallest absolute Gasteiger partial charge is 0.198 e. The van der Waals surface area contributed by atoms with Gasteiger partial charge in [0.2, 0.25) is 0 Å². The third kappa shape index (κ3) is 4.46. The van der Waals surface area contributed by atoms with Crippen molar-refractivity contribution in [3.63, 3.8) is 0 Å². The number of para-hydroxylation sites is 2. The molecular formula is C24H30N2O3. The number of rotatable bonds is 6. The van der Waals surface area contributed by atoms with Gasteiger partial charge >= 0.3 is 0 Å². The predicted octanol–water partition coefficient (Wildman–Crippen LogP) is 4.37. The lowest BCUT2D eigenvalue weighted by Gasteiger charge is -2.32. The highest BCUT2D eigenvalue weighted by atomic mass is 16.5. The summed E-state index contributed by atoms with van der Waals surface area (Å²) in [6, 6.07) is 12.1. The third-order valence-corrected chi connectivity index (χ3v) is 6.01. The Morgan fingerprint density at radius 1 is 1.10 bits per heavy atom. The summed E-state index contributed by atoms with van der Waals surface area (Å²) in [4.78, 5) is 6.96. The largest absolute Gasteiger partial charge is 0.490 e. The molecule has 154 valence electrons. The van der Waals surface area contributed by atoms with Crippen LogP contribution in [0.1, 0.15) is 41.3 Å². The molecule has 1 N–H and O–H groups in total. The molecule has 1 saturated heterocycles. The Bertz CT molecular complexity index is 940. The molecule has 1 fully saturated rings. The van der Waals surface area contributed by atoms with Crippen LogP contribution in [0.4, 0.5) is 0 Å². The van der Waals surface area contributed by atoms with Gasteiger partial charge in [-0.1, -0.05) is 24.3 Å². The van der Waals surface area contributed by atoms with Crippen LogP contribution in [-0.2, 0) is 0 Å². The van der Waals surface area contributed by atoms with Gasteiger partial charge < -0.3 is 19.2 Å². The second-order valence-electron chi connectivity index (χ2n) is 8.21. The zero-order valence-corrected chi connectivity index (χ0v) is 17.5. The topological polar surface area (TPSA) is 58.7 Å². The minimum Gasteiger partial charge on any atom is -0.490 e. The van der Waals surface area contributed by atoms with Crippen LogP contribution in [-0.4, -0.2) is 47.3 Å². The summed E-state index contributed by atoms with van der Waals surface area (Å²) in [6.07, 6.45) is 1.49. The summed E-state index contributed by atoms with van der Waals surface area (Å²) >= 11 is 0. The van der Waals surface area contributed by atoms with Crippen molar-refractivity contribution in [2.24, 2.45) is 0 Å². The van der Waals surface area contributed by atoms with E-state index >= 15 is 0 Å². The van der Waals surface area contributed by atoms with Crippen molar-refractivity contribution < 1.29 is 14.3 Å². The van der Waals surface area contributed by atoms with Crippen LogP contribution in [0.2, 0.25) is 0 Å². The Kier molecular flexibility index (Phi) is 5.88. The first-order valence-electron chi connectivity index (χ1n) is 10.5. The molecule has 0 amide bonds. The van der Waals surface area contributed by atoms with E-state index < -0.39 is 6.10 Å². The summed E-state index contributed by atoms with van der Waals surface area (Å²) in [6.45, 7) is 9.01. The number of nitrogens with zero attached hydrogens (tertiary/aromatic N) is 2. The summed E-state index contributed by atoms with van der Waals surface area (Å²) in [5.74, 6) is 2.10. The number of benzene rings is 2. The molecule has 0 bridgehead atoms. The number of aromatic nitrogens is 1. The number of oxazole rings is 1. The molecule has 5 nitrogen and oxygen atoms in total. The van der Waals surface area contributed by atoms with Crippen molar-refractivity contribution in [3.8, 4) is 5.75 Å². The number of aliphatic hydroxyl groups excluding tert-OH is 1. The second-order valence-corrected chi connectivity index (χ2v) is 8.21. The maximum atomic E-state index is 10.5. The lowest BCUT2D eigenvalue weighted by Crippen LogP contribution is -2.40. The van der Waals surface area contributed by atoms with Crippen molar-refractivity contribution in [2.45, 2.75) is 45.6 Å². The SMILES string of the molecule is Cc1ccc(C)c(OCC(O)CN2CCC(c3nc4ccccc4o3)CC2)c1C. The van der Waals surface area contributed by atoms with Gasteiger partial charge in [-0.15, -0.1) is 0 Å². The molecule has 29 heavy (non-hydrogen) atoms. The van der Waals surface area contributed by atoms with E-state index in [1.165, 1.54) is 5.56 Å². The third-order valence-electron chi connectivity index (χ3n) is 6.01. The predicted molar refractivity (Wildman–Crippen MR) is 115 cm³/mol. The van der Waals surface area contributed by atoms with E-state index in [4.69, 9.17) is 9.15 Å². The average Bonchev–Trinajstić information content (AvgIpc) is 3.16. The van der Waals surface area contributed by atoms with Crippen molar-refractivity contribution in [1.29, 1.82) is 0 Å². The van der Waals surface area contributed by atoms with E-state index in [1.54, 1.807) is 0 Å². The van der Waals surface area contributed by atoms with Gasteiger partial charge in [-0.05, 0) is 75.5 Å². The Morgan fingerprint density at radius 3 is 2.59 bits per heavy atom. The van der Waals surface area contributed by atoms with E-state index in [0.717, 1.165) is 59.8 Å². The first-order valence-corrected chi connectivity index (χ1v) is 10.5. The van der Waals surface area contributed by atoms with Crippen LogP contribution in [0, 0.1) is 20.8 Å². The van der Waals surface area contributed by atoms with Gasteiger partial charge in [0, 0.05) is 12.5 Å². The molecule has 0 spiro atoms. The average molecular weight is 395 g/mol. The van der Waals surface area contributed by atoms with Crippen LogP contribution in [0.15, 0.2) is 40.8 Å². The molecule has 5 heteroatoms. The zero-order valence-electron chi connectivity index (χ0n) is 17.5. The molecule has 1 aliphatic heterocycles. The van der Waals surface area contributed by atoms with Gasteiger partial charge in [-0.25, -0.2) is 4.98 Å². The highest BCUT2D eigenvalue weighted by molar-refractivity contribution is 5.72. The van der Waals surface area contributed by atoms with Gasteiger partial charge in [-0.2, -0.15) is 0 Å². The summed E-state index contributed by atoms with van der Waals surface area (Å²) in [7, 11) is 0. The first-order chi connectivity index (χ1) is 14.0. The van der Waals surface area contributed by atoms with Gasteiger partial charge in [0.15, 0.2) is 11.5 Å². The Labute approximate surface area is 172 Å². The molecule has 1 atom stereocenters. The fourth-order valence-electron chi connectivity index (χ4n) is 4.11. The van der Waals surface area contributed by atoms with Gasteiger partial charge in [-0.3, -0.25) is 0 Å². The first kappa shape index (κ1) is 19.9. The minimum absolute atomic E-state index is 0.316. The number of fused-ring (bicyclic) bond motifs is 1. The number of β-amino-alcohol motifs (C(OH)–C–C–N with tert-alkyl or cyclic N) is 1. The number of aliphatic hydroxyl groups is 1. The standard InChI is InChI=1S/C24H30N2O3/c1-16-8-9-17(2)23(18(16)3)28-15-20(27)14-26-12-10-19(11-13-26)24-25-21-6-4-5-7-22(21)29-24/h4-9,19-20,27H,10-15H2,1-3H3. The molecule has 0 radical (unpaired) electrons. The van der Waals surface area contributed by atoms with Crippen LogP contribution in [0.25, 0.3) is 11.1 Å². The van der Waals surface area contributed by atoms with E-state index in [0.29, 0.717) is 19.1 Å². The molecule has 0 aliphatic carbocycles. The molecule has 1 aliphatic rings. The molecule has 0 saturated carbocycles. The highest BCUT2D eigenvalue weighted by Crippen LogP contribution is 2.30. The van der Waals surface area contributed by atoms with E-state index in [-0.39, 0.29) is 0 Å². The summed E-state index contributed by atoms with van der Waals surface area (Å²) in [5.41, 5.74) is 5.26. The second kappa shape index (κ2) is 8.56. The quantitative estimate of drug-likeness (QED) is 0.673. The molecule has 2 heterocycles. The van der Waals surface area contributed by atoms with Crippen LogP contribution >= 0.6 is 0 Å². The maximum absolute atomic E-state index is 10.5. The van der Waals surface area contributed by atoms with Crippen LogP contribution in [0.3, 0.4) is 0 Å². The fourth-order valence-corrected chi connectivity index (χ4v) is 4.11. The Hall–Kier alpha value is -2.37. The fraction of sp³-hybridized carbons (Fsp3) is 0.458.